The number of nitrogens with zero attached hydrogens (tertiary/aromatic N) is 1. The Morgan fingerprint density at radius 3 is 2.14 bits per heavy atom. The summed E-state index contributed by atoms with van der Waals surface area (Å²) in [7, 11) is 0. The van der Waals surface area contributed by atoms with Gasteiger partial charge in [-0.15, -0.1) is 47.3 Å². The molecule has 0 aromatic heterocycles. The number of nitrogens with one attached hydrogen (secondary N) is 2. The Morgan fingerprint density at radius 1 is 1.08 bits per heavy atom. The van der Waals surface area contributed by atoms with Gasteiger partial charge in [0.1, 0.15) is 11.5 Å². The number of phenols is 1. The number of benzene rings is 2. The van der Waals surface area contributed by atoms with Gasteiger partial charge in [0.2, 0.25) is 5.91 Å². The number of halogens is 3. The van der Waals surface area contributed by atoms with Crippen LogP contribution in [-0.2, 0) is 15.0 Å². The summed E-state index contributed by atoms with van der Waals surface area (Å²) in [5, 5.41) is 15.8. The number of carbonyl (C=O) groups excluding carboxylic acids is 2. The highest BCUT2D eigenvalue weighted by molar-refractivity contribution is 9.69. The molecular formula is C25H33BBr3N3O3S. The van der Waals surface area contributed by atoms with Gasteiger partial charge >= 0.3 is 3.18 Å². The van der Waals surface area contributed by atoms with Crippen molar-refractivity contribution in [2.24, 2.45) is 0 Å². The van der Waals surface area contributed by atoms with E-state index in [-0.39, 0.29) is 20.6 Å². The summed E-state index contributed by atoms with van der Waals surface area (Å²) in [5.41, 5.74) is 2.38. The summed E-state index contributed by atoms with van der Waals surface area (Å²) < 4.78 is 0.271. The molecule has 196 valence electrons. The summed E-state index contributed by atoms with van der Waals surface area (Å²) in [6.07, 6.45) is 6.75. The Balaban J connectivity index is 0.000000583. The second-order valence-corrected chi connectivity index (χ2v) is 16.1. The minimum atomic E-state index is -0.475. The number of thioether (sulfide) groups is 1. The van der Waals surface area contributed by atoms with Gasteiger partial charge in [-0.05, 0) is 80.7 Å². The van der Waals surface area contributed by atoms with Crippen molar-refractivity contribution < 1.29 is 14.7 Å². The van der Waals surface area contributed by atoms with Crippen LogP contribution in [0.15, 0.2) is 48.5 Å². The Hall–Kier alpha value is -1.01. The second kappa shape index (κ2) is 15.4. The van der Waals surface area contributed by atoms with Crippen molar-refractivity contribution in [1.82, 2.24) is 5.32 Å². The van der Waals surface area contributed by atoms with Gasteiger partial charge in [0.15, 0.2) is 0 Å². The highest BCUT2D eigenvalue weighted by Gasteiger charge is 2.51. The van der Waals surface area contributed by atoms with E-state index in [9.17, 15) is 14.7 Å². The molecule has 0 spiro atoms. The number of hydrogen-bond donors (Lipinski definition) is 3. The summed E-state index contributed by atoms with van der Waals surface area (Å²) in [6, 6.07) is 15.2. The van der Waals surface area contributed by atoms with Crippen molar-refractivity contribution in [2.75, 3.05) is 42.4 Å². The number of phenolic OH excluding ortho intramolecular Hbond substituents is 1. The number of anilines is 2. The van der Waals surface area contributed by atoms with Crippen molar-refractivity contribution in [3.63, 3.8) is 0 Å². The molecule has 2 aromatic rings. The molecule has 1 amide bonds. The van der Waals surface area contributed by atoms with Gasteiger partial charge in [-0.1, -0.05) is 12.1 Å². The number of carbonyl (C=O) groups is 2. The Morgan fingerprint density at radius 2 is 1.64 bits per heavy atom. The van der Waals surface area contributed by atoms with E-state index in [2.05, 4.69) is 62.8 Å². The predicted molar refractivity (Wildman–Crippen MR) is 165 cm³/mol. The minimum absolute atomic E-state index is 0.00519. The third-order valence-electron chi connectivity index (χ3n) is 5.92. The van der Waals surface area contributed by atoms with Crippen LogP contribution in [0.4, 0.5) is 11.4 Å². The zero-order valence-electron chi connectivity index (χ0n) is 20.8. The SMILES string of the molecule is BrB(Br)Br.CC(=O)CNC1CCN(c2ccc(NC(=O)C3(c4ccc(O)cc4)CC3)cc2)C1.CSC. The zero-order chi connectivity index (χ0) is 26.7. The Kier molecular flexibility index (Phi) is 13.4. The van der Waals surface area contributed by atoms with Gasteiger partial charge in [-0.25, -0.2) is 0 Å². The van der Waals surface area contributed by atoms with Crippen molar-refractivity contribution >= 4 is 85.3 Å². The molecule has 2 aliphatic rings. The first kappa shape index (κ1) is 31.2. The van der Waals surface area contributed by atoms with Gasteiger partial charge < -0.3 is 20.6 Å². The molecular weight excluding hydrogens is 673 g/mol. The molecule has 11 heteroatoms. The van der Waals surface area contributed by atoms with Crippen LogP contribution < -0.4 is 15.5 Å². The van der Waals surface area contributed by atoms with Crippen LogP contribution in [0, 0.1) is 0 Å². The first-order valence-electron chi connectivity index (χ1n) is 11.6. The molecule has 1 saturated carbocycles. The highest BCUT2D eigenvalue weighted by Crippen LogP contribution is 2.49. The van der Waals surface area contributed by atoms with Gasteiger partial charge in [-0.2, -0.15) is 11.8 Å². The molecule has 4 rings (SSSR count). The lowest BCUT2D eigenvalue weighted by Crippen LogP contribution is -2.35. The van der Waals surface area contributed by atoms with Gasteiger partial charge in [-0.3, -0.25) is 9.59 Å². The zero-order valence-corrected chi connectivity index (χ0v) is 26.3. The van der Waals surface area contributed by atoms with Crippen LogP contribution in [0.5, 0.6) is 5.75 Å². The number of aromatic hydroxyl groups is 1. The van der Waals surface area contributed by atoms with Gasteiger partial charge in [0.25, 0.3) is 0 Å². The van der Waals surface area contributed by atoms with Crippen LogP contribution in [0.1, 0.15) is 31.7 Å². The third kappa shape index (κ3) is 10.0. The summed E-state index contributed by atoms with van der Waals surface area (Å²) in [5.74, 6) is 0.371. The summed E-state index contributed by atoms with van der Waals surface area (Å²) >= 11 is 11.1. The van der Waals surface area contributed by atoms with Gasteiger partial charge in [0.05, 0.1) is 12.0 Å². The number of rotatable bonds is 7. The number of amides is 1. The van der Waals surface area contributed by atoms with Crippen molar-refractivity contribution in [3.05, 3.63) is 54.1 Å². The number of hydrogen-bond acceptors (Lipinski definition) is 6. The molecule has 1 saturated heterocycles. The van der Waals surface area contributed by atoms with E-state index in [1.54, 1.807) is 30.8 Å². The topological polar surface area (TPSA) is 81.7 Å². The second-order valence-electron chi connectivity index (χ2n) is 8.80. The molecule has 1 aliphatic carbocycles. The Labute approximate surface area is 243 Å². The molecule has 1 heterocycles. The first-order valence-corrected chi connectivity index (χ1v) is 16.0. The molecule has 3 N–H and O–H groups in total. The van der Waals surface area contributed by atoms with Crippen molar-refractivity contribution in [1.29, 1.82) is 0 Å². The lowest BCUT2D eigenvalue weighted by Gasteiger charge is -2.20. The lowest BCUT2D eigenvalue weighted by atomic mass is 9.95. The fourth-order valence-electron chi connectivity index (χ4n) is 4.01. The molecule has 0 bridgehead atoms. The largest absolute Gasteiger partial charge is 0.508 e. The molecule has 0 radical (unpaired) electrons. The normalized spacial score (nSPS) is 17.2. The smallest absolute Gasteiger partial charge is 0.369 e. The number of ketones is 1. The highest BCUT2D eigenvalue weighted by atomic mass is 79.9. The van der Waals surface area contributed by atoms with E-state index < -0.39 is 5.41 Å². The molecule has 1 unspecified atom stereocenters. The molecule has 2 aromatic carbocycles. The quantitative estimate of drug-likeness (QED) is 0.309. The maximum Gasteiger partial charge on any atom is 0.369 e. The van der Waals surface area contributed by atoms with Gasteiger partial charge in [0, 0.05) is 30.5 Å². The monoisotopic (exact) mass is 703 g/mol. The molecule has 6 nitrogen and oxygen atoms in total. The minimum Gasteiger partial charge on any atom is -0.508 e. The molecule has 36 heavy (non-hydrogen) atoms. The molecule has 2 fully saturated rings. The Bertz CT molecular complexity index is 974. The molecule has 1 atom stereocenters. The maximum absolute atomic E-state index is 12.9. The van der Waals surface area contributed by atoms with Crippen LogP contribution in [0.25, 0.3) is 0 Å². The lowest BCUT2D eigenvalue weighted by molar-refractivity contribution is -0.118. The third-order valence-corrected chi connectivity index (χ3v) is 5.92. The van der Waals surface area contributed by atoms with E-state index in [0.717, 1.165) is 49.3 Å². The summed E-state index contributed by atoms with van der Waals surface area (Å²) in [6.45, 7) is 3.85. The maximum atomic E-state index is 12.9. The van der Waals surface area contributed by atoms with Crippen molar-refractivity contribution in [3.8, 4) is 5.75 Å². The standard InChI is InChI=1S/C23H27N3O3.C2H6S.BBr3/c1-16(27)14-24-19-10-13-26(15-19)20-6-4-18(5-7-20)25-22(29)23(11-12-23)17-2-8-21(28)9-3-17;1-3-2;2-1(3)4/h2-9,19,24,28H,10-15H2,1H3,(H,25,29);1-2H3;. The van der Waals surface area contributed by atoms with E-state index in [0.29, 0.717) is 12.6 Å². The van der Waals surface area contributed by atoms with E-state index in [4.69, 9.17) is 0 Å². The summed E-state index contributed by atoms with van der Waals surface area (Å²) in [4.78, 5) is 26.3. The average molecular weight is 706 g/mol. The van der Waals surface area contributed by atoms with Crippen LogP contribution in [-0.4, -0.2) is 58.2 Å². The number of Topliss-reactive ketones (excluding diaryl/α,β-unsaturated/α-hetero) is 1. The fourth-order valence-corrected chi connectivity index (χ4v) is 4.01. The van der Waals surface area contributed by atoms with Crippen LogP contribution in [0.3, 0.4) is 0 Å². The fraction of sp³-hybridized carbons (Fsp3) is 0.440. The first-order chi connectivity index (χ1) is 17.1. The molecule has 1 aliphatic heterocycles. The van der Waals surface area contributed by atoms with Crippen LogP contribution >= 0.6 is 59.0 Å². The van der Waals surface area contributed by atoms with E-state index in [1.807, 2.05) is 48.9 Å². The van der Waals surface area contributed by atoms with E-state index >= 15 is 0 Å². The predicted octanol–water partition coefficient (Wildman–Crippen LogP) is 5.96. The van der Waals surface area contributed by atoms with Crippen LogP contribution in [0.2, 0.25) is 0 Å². The average Bonchev–Trinajstić information content (AvgIpc) is 3.50. The van der Waals surface area contributed by atoms with E-state index in [1.165, 1.54) is 0 Å². The van der Waals surface area contributed by atoms with Crippen molar-refractivity contribution in [2.45, 2.75) is 37.6 Å².